The topological polar surface area (TPSA) is 32.8 Å². The van der Waals surface area contributed by atoms with Gasteiger partial charge in [-0.1, -0.05) is 41.4 Å². The molecule has 0 saturated carbocycles. The molecule has 0 unspecified atom stereocenters. The van der Waals surface area contributed by atoms with Gasteiger partial charge in [-0.2, -0.15) is 4.39 Å². The fourth-order valence-corrected chi connectivity index (χ4v) is 2.21. The maximum Gasteiger partial charge on any atom is 0.424 e. The number of rotatable bonds is 6. The number of likely N-dealkylation sites (N-methyl/N-ethyl adjacent to an activating group) is 1. The lowest BCUT2D eigenvalue weighted by atomic mass is 10.3. The predicted octanol–water partition coefficient (Wildman–Crippen LogP) is 3.90. The Morgan fingerprint density at radius 2 is 1.95 bits per heavy atom. The molecule has 0 N–H and O–H groups in total. The van der Waals surface area contributed by atoms with Crippen molar-refractivity contribution in [2.45, 2.75) is 3.92 Å². The van der Waals surface area contributed by atoms with Crippen LogP contribution >= 0.6 is 35.1 Å². The van der Waals surface area contributed by atoms with Crippen LogP contribution in [0.3, 0.4) is 0 Å². The van der Waals surface area contributed by atoms with Crippen LogP contribution in [0.4, 0.5) is 14.9 Å². The van der Waals surface area contributed by atoms with Crippen molar-refractivity contribution in [1.29, 1.82) is 0 Å². The van der Waals surface area contributed by atoms with Crippen molar-refractivity contribution in [1.82, 2.24) is 4.90 Å². The summed E-state index contributed by atoms with van der Waals surface area (Å²) in [4.78, 5) is 13.8. The van der Waals surface area contributed by atoms with Crippen LogP contribution in [0, 0.1) is 0 Å². The summed E-state index contributed by atoms with van der Waals surface area (Å²) in [5.41, 5.74) is 0.427. The number of halogens is 3. The highest BCUT2D eigenvalue weighted by Crippen LogP contribution is 2.41. The number of hydrogen-bond donors (Lipinski definition) is 0. The van der Waals surface area contributed by atoms with E-state index in [1.54, 1.807) is 30.3 Å². The molecule has 112 valence electrons. The molecule has 4 nitrogen and oxygen atoms in total. The number of alkyl halides is 3. The van der Waals surface area contributed by atoms with Crippen molar-refractivity contribution in [2.24, 2.45) is 0 Å². The van der Waals surface area contributed by atoms with Gasteiger partial charge in [-0.05, 0) is 26.2 Å². The van der Waals surface area contributed by atoms with Crippen LogP contribution < -0.4 is 4.31 Å². The minimum atomic E-state index is -2.63. The average Bonchev–Trinajstić information content (AvgIpc) is 2.35. The monoisotopic (exact) mass is 340 g/mol. The summed E-state index contributed by atoms with van der Waals surface area (Å²) in [6.45, 7) is 0.737. The molecular formula is C12H15Cl2FN2O2S. The second-order valence-electron chi connectivity index (χ2n) is 4.08. The van der Waals surface area contributed by atoms with E-state index in [0.717, 1.165) is 4.31 Å². The highest BCUT2D eigenvalue weighted by Gasteiger charge is 2.32. The van der Waals surface area contributed by atoms with Crippen LogP contribution in [0.15, 0.2) is 30.3 Å². The zero-order valence-corrected chi connectivity index (χ0v) is 13.4. The first-order valence-corrected chi connectivity index (χ1v) is 7.25. The first-order chi connectivity index (χ1) is 9.29. The number of amides is 1. The second kappa shape index (κ2) is 7.93. The Bertz CT molecular complexity index is 429. The Labute approximate surface area is 131 Å². The molecular weight excluding hydrogens is 326 g/mol. The Balaban J connectivity index is 2.75. The number of anilines is 1. The van der Waals surface area contributed by atoms with E-state index in [2.05, 4.69) is 0 Å². The standard InChI is InChI=1S/C12H15Cl2FN2O2S/c1-16(2)8-9-19-11(18)17(20-12(13,14)15)10-6-4-3-5-7-10/h3-7H,8-9H2,1-2H3. The zero-order valence-electron chi connectivity index (χ0n) is 11.1. The van der Waals surface area contributed by atoms with Gasteiger partial charge in [0.25, 0.3) is 0 Å². The molecule has 0 saturated heterocycles. The second-order valence-corrected chi connectivity index (χ2v) is 6.88. The Kier molecular flexibility index (Phi) is 6.88. The molecule has 0 fully saturated rings. The quantitative estimate of drug-likeness (QED) is 0.580. The number of hydrogen-bond acceptors (Lipinski definition) is 4. The number of carbonyl (C=O) groups is 1. The van der Waals surface area contributed by atoms with Crippen molar-refractivity contribution < 1.29 is 13.9 Å². The molecule has 0 spiro atoms. The molecule has 0 atom stereocenters. The Morgan fingerprint density at radius 1 is 1.35 bits per heavy atom. The lowest BCUT2D eigenvalue weighted by Crippen LogP contribution is -2.30. The molecule has 0 bridgehead atoms. The minimum Gasteiger partial charge on any atom is -0.447 e. The normalized spacial score (nSPS) is 11.5. The van der Waals surface area contributed by atoms with Gasteiger partial charge in [0, 0.05) is 18.5 Å². The number of ether oxygens (including phenoxy) is 1. The van der Waals surface area contributed by atoms with Crippen LogP contribution in [-0.4, -0.2) is 42.2 Å². The van der Waals surface area contributed by atoms with Gasteiger partial charge in [-0.3, -0.25) is 0 Å². The first-order valence-electron chi connectivity index (χ1n) is 5.72. The average molecular weight is 341 g/mol. The van der Waals surface area contributed by atoms with E-state index in [1.165, 1.54) is 0 Å². The molecule has 8 heteroatoms. The van der Waals surface area contributed by atoms with Gasteiger partial charge >= 0.3 is 10.0 Å². The third-order valence-corrected chi connectivity index (χ3v) is 3.28. The van der Waals surface area contributed by atoms with E-state index in [1.807, 2.05) is 19.0 Å². The van der Waals surface area contributed by atoms with Crippen LogP contribution in [0.2, 0.25) is 0 Å². The predicted molar refractivity (Wildman–Crippen MR) is 82.0 cm³/mol. The molecule has 1 aromatic carbocycles. The van der Waals surface area contributed by atoms with Gasteiger partial charge in [-0.15, -0.1) is 0 Å². The summed E-state index contributed by atoms with van der Waals surface area (Å²) in [5.74, 6) is 0. The number of carbonyl (C=O) groups excluding carboxylic acids is 1. The zero-order chi connectivity index (χ0) is 15.2. The number of para-hydroxylation sites is 1. The highest BCUT2D eigenvalue weighted by atomic mass is 35.5. The molecule has 0 aromatic heterocycles. The molecule has 0 aliphatic carbocycles. The summed E-state index contributed by atoms with van der Waals surface area (Å²) in [6.07, 6.45) is -0.730. The van der Waals surface area contributed by atoms with Crippen molar-refractivity contribution >= 4 is 46.9 Å². The molecule has 0 heterocycles. The van der Waals surface area contributed by atoms with E-state index in [0.29, 0.717) is 24.2 Å². The van der Waals surface area contributed by atoms with E-state index in [-0.39, 0.29) is 6.61 Å². The van der Waals surface area contributed by atoms with Gasteiger partial charge < -0.3 is 9.64 Å². The van der Waals surface area contributed by atoms with Crippen molar-refractivity contribution in [3.8, 4) is 0 Å². The Hall–Kier alpha value is -0.690. The molecule has 1 rings (SSSR count). The summed E-state index contributed by atoms with van der Waals surface area (Å²) in [7, 11) is 3.70. The van der Waals surface area contributed by atoms with Crippen molar-refractivity contribution in [2.75, 3.05) is 31.6 Å². The summed E-state index contributed by atoms with van der Waals surface area (Å²) in [6, 6.07) is 8.43. The van der Waals surface area contributed by atoms with Crippen molar-refractivity contribution in [3.63, 3.8) is 0 Å². The fraction of sp³-hybridized carbons (Fsp3) is 0.417. The van der Waals surface area contributed by atoms with Crippen LogP contribution in [-0.2, 0) is 4.74 Å². The third kappa shape index (κ3) is 6.65. The summed E-state index contributed by atoms with van der Waals surface area (Å²) >= 11 is 11.0. The van der Waals surface area contributed by atoms with E-state index in [9.17, 15) is 9.18 Å². The first kappa shape index (κ1) is 17.4. The molecule has 0 radical (unpaired) electrons. The SMILES string of the molecule is CN(C)CCOC(=O)N(SC(F)(Cl)Cl)c1ccccc1. The van der Waals surface area contributed by atoms with E-state index >= 15 is 0 Å². The van der Waals surface area contributed by atoms with E-state index < -0.39 is 10.0 Å². The van der Waals surface area contributed by atoms with Gasteiger partial charge in [0.15, 0.2) is 0 Å². The van der Waals surface area contributed by atoms with Crippen molar-refractivity contribution in [3.05, 3.63) is 30.3 Å². The minimum absolute atomic E-state index is 0.180. The molecule has 1 aromatic rings. The molecule has 1 amide bonds. The summed E-state index contributed by atoms with van der Waals surface area (Å²) in [5, 5.41) is 0. The largest absolute Gasteiger partial charge is 0.447 e. The number of benzene rings is 1. The van der Waals surface area contributed by atoms with Gasteiger partial charge in [0.1, 0.15) is 6.61 Å². The van der Waals surface area contributed by atoms with Crippen LogP contribution in [0.1, 0.15) is 0 Å². The Morgan fingerprint density at radius 3 is 2.45 bits per heavy atom. The molecule has 0 aliphatic heterocycles. The number of nitrogens with zero attached hydrogens (tertiary/aromatic N) is 2. The lowest BCUT2D eigenvalue weighted by Gasteiger charge is -2.23. The maximum absolute atomic E-state index is 13.4. The van der Waals surface area contributed by atoms with Gasteiger partial charge in [0.2, 0.25) is 0 Å². The van der Waals surface area contributed by atoms with Crippen LogP contribution in [0.25, 0.3) is 0 Å². The third-order valence-electron chi connectivity index (χ3n) is 2.12. The molecule has 20 heavy (non-hydrogen) atoms. The highest BCUT2D eigenvalue weighted by molar-refractivity contribution is 8.04. The van der Waals surface area contributed by atoms with Gasteiger partial charge in [0.05, 0.1) is 5.69 Å². The summed E-state index contributed by atoms with van der Waals surface area (Å²) < 4.78 is 16.8. The molecule has 0 aliphatic rings. The lowest BCUT2D eigenvalue weighted by molar-refractivity contribution is 0.148. The van der Waals surface area contributed by atoms with Gasteiger partial charge in [-0.25, -0.2) is 9.10 Å². The van der Waals surface area contributed by atoms with Crippen LogP contribution in [0.5, 0.6) is 0 Å². The fourth-order valence-electron chi connectivity index (χ4n) is 1.24. The smallest absolute Gasteiger partial charge is 0.424 e. The van der Waals surface area contributed by atoms with E-state index in [4.69, 9.17) is 27.9 Å². The maximum atomic E-state index is 13.4.